The van der Waals surface area contributed by atoms with Gasteiger partial charge in [0.2, 0.25) is 0 Å². The number of nitrogens with one attached hydrogen (secondary N) is 2. The minimum Gasteiger partial charge on any atom is -0.485 e. The lowest BCUT2D eigenvalue weighted by Gasteiger charge is -2.19. The van der Waals surface area contributed by atoms with Crippen LogP contribution in [0.1, 0.15) is 23.6 Å². The number of nitrogen functional groups attached to an aromatic ring is 1. The molecule has 0 unspecified atom stereocenters. The number of hydrogen-bond acceptors (Lipinski definition) is 6. The molecule has 160 valence electrons. The number of ether oxygens (including phenoxy) is 1. The van der Waals surface area contributed by atoms with E-state index in [2.05, 4.69) is 15.4 Å². The minimum absolute atomic E-state index is 0.0941. The zero-order valence-electron chi connectivity index (χ0n) is 17.2. The molecule has 2 aromatic heterocycles. The van der Waals surface area contributed by atoms with Crippen LogP contribution in [0, 0.1) is 11.2 Å². The van der Waals surface area contributed by atoms with Crippen molar-refractivity contribution in [2.75, 3.05) is 12.3 Å². The number of anilines is 1. The molecule has 4 N–H and O–H groups in total. The van der Waals surface area contributed by atoms with Crippen molar-refractivity contribution in [2.45, 2.75) is 20.0 Å². The van der Waals surface area contributed by atoms with Gasteiger partial charge in [0.1, 0.15) is 17.6 Å². The van der Waals surface area contributed by atoms with E-state index in [0.717, 1.165) is 11.1 Å². The number of pyridine rings is 1. The zero-order valence-corrected chi connectivity index (χ0v) is 17.9. The van der Waals surface area contributed by atoms with Gasteiger partial charge in [-0.25, -0.2) is 9.37 Å². The number of aromatic nitrogens is 3. The van der Waals surface area contributed by atoms with Gasteiger partial charge < -0.3 is 15.8 Å². The molecule has 1 aliphatic heterocycles. The van der Waals surface area contributed by atoms with Crippen LogP contribution in [0.25, 0.3) is 17.0 Å². The van der Waals surface area contributed by atoms with E-state index in [1.807, 2.05) is 20.2 Å². The fourth-order valence-corrected chi connectivity index (χ4v) is 3.86. The van der Waals surface area contributed by atoms with Crippen LogP contribution < -0.4 is 15.8 Å². The maximum atomic E-state index is 14.1. The first-order chi connectivity index (χ1) is 14.9. The molecule has 0 saturated heterocycles. The van der Waals surface area contributed by atoms with E-state index in [9.17, 15) is 4.39 Å². The van der Waals surface area contributed by atoms with E-state index < -0.39 is 0 Å². The summed E-state index contributed by atoms with van der Waals surface area (Å²) in [5.41, 5.74) is 10.9. The van der Waals surface area contributed by atoms with Gasteiger partial charge in [-0.2, -0.15) is 5.10 Å². The number of halogens is 2. The number of nitrogens with zero attached hydrogens (tertiary/aromatic N) is 3. The highest BCUT2D eigenvalue weighted by atomic mass is 35.5. The lowest BCUT2D eigenvalue weighted by atomic mass is 9.96. The van der Waals surface area contributed by atoms with Gasteiger partial charge in [0.05, 0.1) is 5.69 Å². The third-order valence-corrected chi connectivity index (χ3v) is 5.30. The molecule has 3 aromatic rings. The number of nitrogens with two attached hydrogens (primary N) is 1. The van der Waals surface area contributed by atoms with Crippen molar-refractivity contribution in [3.05, 3.63) is 64.7 Å². The number of rotatable bonds is 3. The van der Waals surface area contributed by atoms with Gasteiger partial charge in [-0.1, -0.05) is 11.6 Å². The highest BCUT2D eigenvalue weighted by Gasteiger charge is 2.22. The molecule has 0 aliphatic carbocycles. The van der Waals surface area contributed by atoms with Gasteiger partial charge in [0, 0.05) is 65.9 Å². The average molecular weight is 441 g/mol. The standard InChI is InChI=1S/C22H22ClFN6O/c1-3-27-19-12-8-18(22(26)28-9-12)31-11-14-6-15(24)4-5-16(14)20-13(10-30(2)29-20)7-17(19)21(23)25/h4-6,8-10,25,27H,3,7,11H2,1-2H3,(H2,26,28)/b19-17-,25-21?. The smallest absolute Gasteiger partial charge is 0.166 e. The number of benzene rings is 1. The average Bonchev–Trinajstić information content (AvgIpc) is 3.09. The summed E-state index contributed by atoms with van der Waals surface area (Å²) in [6.45, 7) is 2.67. The van der Waals surface area contributed by atoms with E-state index in [1.54, 1.807) is 23.0 Å². The topological polar surface area (TPSA) is 102 Å². The van der Waals surface area contributed by atoms with Crippen LogP contribution in [0.4, 0.5) is 10.2 Å². The predicted molar refractivity (Wildman–Crippen MR) is 119 cm³/mol. The molecule has 31 heavy (non-hydrogen) atoms. The Morgan fingerprint density at radius 3 is 2.90 bits per heavy atom. The van der Waals surface area contributed by atoms with Gasteiger partial charge >= 0.3 is 0 Å². The SMILES string of the molecule is CCN/C1=C(\C(=N)Cl)Cc2cn(C)nc2-c2ccc(F)cc2COc2cc1cnc2N. The Bertz CT molecular complexity index is 1200. The maximum absolute atomic E-state index is 14.1. The third-order valence-electron chi connectivity index (χ3n) is 5.07. The molecule has 0 fully saturated rings. The number of allylic oxidation sites excluding steroid dienone is 1. The highest BCUT2D eigenvalue weighted by Crippen LogP contribution is 2.33. The Kier molecular flexibility index (Phi) is 5.65. The normalized spacial score (nSPS) is 15.7. The summed E-state index contributed by atoms with van der Waals surface area (Å²) in [6, 6.07) is 6.26. The van der Waals surface area contributed by atoms with Crippen LogP contribution in [-0.4, -0.2) is 26.5 Å². The molecule has 2 bridgehead atoms. The largest absolute Gasteiger partial charge is 0.485 e. The molecule has 0 atom stereocenters. The van der Waals surface area contributed by atoms with Gasteiger partial charge in [-0.15, -0.1) is 0 Å². The van der Waals surface area contributed by atoms with Crippen molar-refractivity contribution in [3.8, 4) is 17.0 Å². The lowest BCUT2D eigenvalue weighted by Crippen LogP contribution is -2.18. The third kappa shape index (κ3) is 4.11. The van der Waals surface area contributed by atoms with E-state index in [0.29, 0.717) is 46.8 Å². The Labute approximate surface area is 184 Å². The first-order valence-corrected chi connectivity index (χ1v) is 10.2. The van der Waals surface area contributed by atoms with Gasteiger partial charge in [-0.05, 0) is 31.2 Å². The maximum Gasteiger partial charge on any atom is 0.166 e. The van der Waals surface area contributed by atoms with Gasteiger partial charge in [-0.3, -0.25) is 10.1 Å². The molecule has 0 amide bonds. The summed E-state index contributed by atoms with van der Waals surface area (Å²) in [5, 5.41) is 16.0. The van der Waals surface area contributed by atoms with Crippen LogP contribution in [0.3, 0.4) is 0 Å². The second kappa shape index (κ2) is 8.39. The summed E-state index contributed by atoms with van der Waals surface area (Å²) in [6.07, 6.45) is 3.85. The Hall–Kier alpha value is -3.39. The van der Waals surface area contributed by atoms with Crippen molar-refractivity contribution in [3.63, 3.8) is 0 Å². The molecule has 4 rings (SSSR count). The second-order valence-electron chi connectivity index (χ2n) is 7.25. The fourth-order valence-electron chi connectivity index (χ4n) is 3.70. The van der Waals surface area contributed by atoms with Gasteiger partial charge in [0.15, 0.2) is 11.6 Å². The van der Waals surface area contributed by atoms with Crippen LogP contribution in [0.2, 0.25) is 0 Å². The molecular weight excluding hydrogens is 419 g/mol. The van der Waals surface area contributed by atoms with Crippen molar-refractivity contribution >= 4 is 28.3 Å². The number of hydrogen-bond donors (Lipinski definition) is 3. The van der Waals surface area contributed by atoms with Crippen LogP contribution >= 0.6 is 11.6 Å². The highest BCUT2D eigenvalue weighted by molar-refractivity contribution is 6.69. The Balaban J connectivity index is 2.01. The molecule has 0 saturated carbocycles. The molecule has 0 radical (unpaired) electrons. The Morgan fingerprint density at radius 1 is 1.35 bits per heavy atom. The van der Waals surface area contributed by atoms with Crippen LogP contribution in [0.5, 0.6) is 5.75 Å². The second-order valence-corrected chi connectivity index (χ2v) is 7.63. The molecular formula is C22H22ClFN6O. The Morgan fingerprint density at radius 2 is 2.16 bits per heavy atom. The van der Waals surface area contributed by atoms with Gasteiger partial charge in [0.25, 0.3) is 0 Å². The van der Waals surface area contributed by atoms with E-state index in [4.69, 9.17) is 27.5 Å². The molecule has 0 spiro atoms. The van der Waals surface area contributed by atoms with Crippen LogP contribution in [-0.2, 0) is 20.1 Å². The monoisotopic (exact) mass is 440 g/mol. The molecule has 7 nitrogen and oxygen atoms in total. The molecule has 1 aliphatic rings. The van der Waals surface area contributed by atoms with E-state index >= 15 is 0 Å². The van der Waals surface area contributed by atoms with Crippen molar-refractivity contribution in [2.24, 2.45) is 7.05 Å². The van der Waals surface area contributed by atoms with E-state index in [1.165, 1.54) is 12.1 Å². The zero-order chi connectivity index (χ0) is 22.1. The fraction of sp³-hybridized carbons (Fsp3) is 0.227. The summed E-state index contributed by atoms with van der Waals surface area (Å²) in [4.78, 5) is 4.25. The molecule has 9 heteroatoms. The first kappa shape index (κ1) is 20.9. The molecule has 1 aromatic carbocycles. The van der Waals surface area contributed by atoms with Crippen LogP contribution in [0.15, 0.2) is 42.2 Å². The van der Waals surface area contributed by atoms with Crippen molar-refractivity contribution in [1.82, 2.24) is 20.1 Å². The number of fused-ring (bicyclic) bond motifs is 5. The molecule has 3 heterocycles. The summed E-state index contributed by atoms with van der Waals surface area (Å²) in [7, 11) is 1.82. The first-order valence-electron chi connectivity index (χ1n) is 9.78. The summed E-state index contributed by atoms with van der Waals surface area (Å²) in [5.74, 6) is 0.213. The summed E-state index contributed by atoms with van der Waals surface area (Å²) < 4.78 is 21.7. The summed E-state index contributed by atoms with van der Waals surface area (Å²) >= 11 is 6.25. The van der Waals surface area contributed by atoms with Crippen molar-refractivity contribution in [1.29, 1.82) is 5.41 Å². The number of aryl methyl sites for hydroxylation is 1. The quantitative estimate of drug-likeness (QED) is 0.536. The lowest BCUT2D eigenvalue weighted by molar-refractivity contribution is 0.306. The van der Waals surface area contributed by atoms with Crippen molar-refractivity contribution < 1.29 is 9.13 Å². The minimum atomic E-state index is -0.371. The predicted octanol–water partition coefficient (Wildman–Crippen LogP) is 3.88. The van der Waals surface area contributed by atoms with E-state index in [-0.39, 0.29) is 23.4 Å².